The third kappa shape index (κ3) is 3.42. The van der Waals surface area contributed by atoms with Crippen LogP contribution in [0.5, 0.6) is 0 Å². The lowest BCUT2D eigenvalue weighted by Crippen LogP contribution is -2.27. The molecule has 1 N–H and O–H groups in total. The summed E-state index contributed by atoms with van der Waals surface area (Å²) < 4.78 is 1.71. The van der Waals surface area contributed by atoms with Gasteiger partial charge in [-0.15, -0.1) is 5.10 Å². The molecule has 22 heavy (non-hydrogen) atoms. The molecule has 1 heterocycles. The predicted octanol–water partition coefficient (Wildman–Crippen LogP) is 2.80. The van der Waals surface area contributed by atoms with Crippen molar-refractivity contribution in [1.82, 2.24) is 20.3 Å². The summed E-state index contributed by atoms with van der Waals surface area (Å²) in [5.74, 6) is 0.520. The average Bonchev–Trinajstić information content (AvgIpc) is 3.20. The van der Waals surface area contributed by atoms with Crippen molar-refractivity contribution in [1.29, 1.82) is 0 Å². The zero-order valence-corrected chi connectivity index (χ0v) is 12.6. The summed E-state index contributed by atoms with van der Waals surface area (Å²) in [5, 5.41) is 10.8. The van der Waals surface area contributed by atoms with Gasteiger partial charge in [0.05, 0.1) is 24.1 Å². The van der Waals surface area contributed by atoms with Gasteiger partial charge in [-0.25, -0.2) is 4.68 Å². The van der Waals surface area contributed by atoms with Gasteiger partial charge in [-0.1, -0.05) is 29.5 Å². The van der Waals surface area contributed by atoms with Gasteiger partial charge in [0.1, 0.15) is 0 Å². The topological polar surface area (TPSA) is 59.8 Å². The number of rotatable bonds is 5. The van der Waals surface area contributed by atoms with Gasteiger partial charge in [0.15, 0.2) is 0 Å². The van der Waals surface area contributed by atoms with Crippen LogP contribution >= 0.6 is 0 Å². The van der Waals surface area contributed by atoms with Gasteiger partial charge in [-0.2, -0.15) is 0 Å². The van der Waals surface area contributed by atoms with Gasteiger partial charge in [-0.05, 0) is 43.4 Å². The molecule has 3 rings (SSSR count). The maximum absolute atomic E-state index is 12.1. The largest absolute Gasteiger partial charge is 0.350 e. The highest BCUT2D eigenvalue weighted by Gasteiger charge is 2.16. The minimum absolute atomic E-state index is 0.00248. The molecule has 0 saturated heterocycles. The zero-order chi connectivity index (χ0) is 15.4. The fourth-order valence-electron chi connectivity index (χ4n) is 2.75. The Morgan fingerprint density at radius 1 is 1.41 bits per heavy atom. The van der Waals surface area contributed by atoms with Crippen LogP contribution < -0.4 is 5.32 Å². The predicted molar refractivity (Wildman–Crippen MR) is 84.4 cm³/mol. The monoisotopic (exact) mass is 296 g/mol. The second-order valence-electron chi connectivity index (χ2n) is 5.70. The quantitative estimate of drug-likeness (QED) is 0.863. The molecular formula is C17H20N4O. The summed E-state index contributed by atoms with van der Waals surface area (Å²) in [6.07, 6.45) is 10.5. The van der Waals surface area contributed by atoms with E-state index in [2.05, 4.69) is 27.8 Å². The van der Waals surface area contributed by atoms with Gasteiger partial charge in [0.2, 0.25) is 5.91 Å². The molecule has 0 saturated carbocycles. The molecule has 1 aliphatic rings. The number of hydrogen-bond donors (Lipinski definition) is 1. The van der Waals surface area contributed by atoms with Crippen molar-refractivity contribution in [3.63, 3.8) is 0 Å². The number of carbonyl (C=O) groups is 1. The highest BCUT2D eigenvalue weighted by molar-refractivity contribution is 5.77. The zero-order valence-electron chi connectivity index (χ0n) is 12.6. The van der Waals surface area contributed by atoms with Crippen LogP contribution in [0.1, 0.15) is 37.8 Å². The second-order valence-corrected chi connectivity index (χ2v) is 5.70. The summed E-state index contributed by atoms with van der Waals surface area (Å²) in [6.45, 7) is 2.01. The Hall–Kier alpha value is -2.43. The van der Waals surface area contributed by atoms with E-state index in [1.807, 2.05) is 31.2 Å². The summed E-state index contributed by atoms with van der Waals surface area (Å²) in [4.78, 5) is 12.1. The van der Waals surface area contributed by atoms with Crippen molar-refractivity contribution in [2.75, 3.05) is 0 Å². The molecule has 5 nitrogen and oxygen atoms in total. The Kier molecular flexibility index (Phi) is 4.32. The van der Waals surface area contributed by atoms with E-state index in [9.17, 15) is 4.79 Å². The van der Waals surface area contributed by atoms with Gasteiger partial charge in [0, 0.05) is 6.42 Å². The summed E-state index contributed by atoms with van der Waals surface area (Å²) >= 11 is 0. The molecule has 1 aromatic carbocycles. The smallest absolute Gasteiger partial charge is 0.221 e. The van der Waals surface area contributed by atoms with E-state index in [0.29, 0.717) is 12.3 Å². The van der Waals surface area contributed by atoms with Crippen LogP contribution in [0.2, 0.25) is 0 Å². The van der Waals surface area contributed by atoms with E-state index >= 15 is 0 Å². The van der Waals surface area contributed by atoms with E-state index in [-0.39, 0.29) is 11.9 Å². The number of amides is 1. The van der Waals surface area contributed by atoms with Crippen molar-refractivity contribution in [3.05, 3.63) is 54.4 Å². The van der Waals surface area contributed by atoms with Crippen molar-refractivity contribution >= 4 is 5.91 Å². The first kappa shape index (κ1) is 14.5. The Bertz CT molecular complexity index is 646. The lowest BCUT2D eigenvalue weighted by molar-refractivity contribution is -0.122. The van der Waals surface area contributed by atoms with E-state index in [1.54, 1.807) is 17.1 Å². The molecule has 0 unspecified atom stereocenters. The molecule has 1 aromatic heterocycles. The lowest BCUT2D eigenvalue weighted by atomic mass is 10.0. The summed E-state index contributed by atoms with van der Waals surface area (Å²) in [7, 11) is 0. The second kappa shape index (κ2) is 6.56. The maximum atomic E-state index is 12.1. The van der Waals surface area contributed by atoms with Crippen molar-refractivity contribution in [3.8, 4) is 5.69 Å². The molecule has 114 valence electrons. The highest BCUT2D eigenvalue weighted by Crippen LogP contribution is 2.21. The molecule has 0 aliphatic heterocycles. The van der Waals surface area contributed by atoms with Gasteiger partial charge >= 0.3 is 0 Å². The first-order chi connectivity index (χ1) is 10.7. The fourth-order valence-corrected chi connectivity index (χ4v) is 2.75. The minimum atomic E-state index is 0.00248. The van der Waals surface area contributed by atoms with Gasteiger partial charge < -0.3 is 5.32 Å². The molecule has 0 fully saturated rings. The number of allylic oxidation sites excluding steroid dienone is 2. The number of nitrogens with one attached hydrogen (secondary N) is 1. The first-order valence-electron chi connectivity index (χ1n) is 7.65. The van der Waals surface area contributed by atoms with Crippen LogP contribution in [-0.2, 0) is 4.79 Å². The van der Waals surface area contributed by atoms with Crippen molar-refractivity contribution < 1.29 is 4.79 Å². The standard InChI is InChI=1S/C17H20N4O/c1-13(19-17(22)12-14-4-2-3-5-14)15-6-8-16(9-7-15)21-11-10-18-20-21/h2,4,6-11,13-14H,3,5,12H2,1H3,(H,19,22)/t13-,14+/m1/s1. The third-order valence-corrected chi connectivity index (χ3v) is 4.02. The number of aromatic nitrogens is 3. The van der Waals surface area contributed by atoms with Crippen LogP contribution in [0.4, 0.5) is 0 Å². The maximum Gasteiger partial charge on any atom is 0.221 e. The van der Waals surface area contributed by atoms with E-state index in [4.69, 9.17) is 0 Å². The van der Waals surface area contributed by atoms with E-state index < -0.39 is 0 Å². The SMILES string of the molecule is C[C@@H](NC(=O)C[C@H]1C=CCC1)c1ccc(-n2ccnn2)cc1. The molecule has 2 aromatic rings. The lowest BCUT2D eigenvalue weighted by Gasteiger charge is -2.16. The molecular weight excluding hydrogens is 276 g/mol. The molecule has 2 atom stereocenters. The van der Waals surface area contributed by atoms with Crippen LogP contribution in [0.3, 0.4) is 0 Å². The number of benzene rings is 1. The fraction of sp³-hybridized carbons (Fsp3) is 0.353. The van der Waals surface area contributed by atoms with Crippen molar-refractivity contribution in [2.45, 2.75) is 32.2 Å². The van der Waals surface area contributed by atoms with Crippen LogP contribution in [-0.4, -0.2) is 20.9 Å². The van der Waals surface area contributed by atoms with Gasteiger partial charge in [-0.3, -0.25) is 4.79 Å². The summed E-state index contributed by atoms with van der Waals surface area (Å²) in [5.41, 5.74) is 2.04. The van der Waals surface area contributed by atoms with Crippen molar-refractivity contribution in [2.24, 2.45) is 5.92 Å². The van der Waals surface area contributed by atoms with E-state index in [0.717, 1.165) is 24.1 Å². The number of nitrogens with zero attached hydrogens (tertiary/aromatic N) is 3. The average molecular weight is 296 g/mol. The molecule has 1 amide bonds. The molecule has 0 radical (unpaired) electrons. The normalized spacial score (nSPS) is 18.3. The number of carbonyl (C=O) groups excluding carboxylic acids is 1. The summed E-state index contributed by atoms with van der Waals surface area (Å²) in [6, 6.07) is 7.98. The Labute approximate surface area is 130 Å². The highest BCUT2D eigenvalue weighted by atomic mass is 16.1. The van der Waals surface area contributed by atoms with E-state index in [1.165, 1.54) is 0 Å². The van der Waals surface area contributed by atoms with Gasteiger partial charge in [0.25, 0.3) is 0 Å². The molecule has 5 heteroatoms. The number of hydrogen-bond acceptors (Lipinski definition) is 3. The minimum Gasteiger partial charge on any atom is -0.350 e. The Morgan fingerprint density at radius 3 is 2.86 bits per heavy atom. The molecule has 0 bridgehead atoms. The Balaban J connectivity index is 1.58. The molecule has 0 spiro atoms. The Morgan fingerprint density at radius 2 is 2.23 bits per heavy atom. The van der Waals surface area contributed by atoms with Crippen LogP contribution in [0.25, 0.3) is 5.69 Å². The van der Waals surface area contributed by atoms with Crippen LogP contribution in [0.15, 0.2) is 48.8 Å². The third-order valence-electron chi connectivity index (χ3n) is 4.02. The first-order valence-corrected chi connectivity index (χ1v) is 7.65. The molecule has 1 aliphatic carbocycles. The van der Waals surface area contributed by atoms with Crippen LogP contribution in [0, 0.1) is 5.92 Å².